The van der Waals surface area contributed by atoms with Crippen LogP contribution >= 0.6 is 24.4 Å². The van der Waals surface area contributed by atoms with E-state index in [0.29, 0.717) is 35.2 Å². The van der Waals surface area contributed by atoms with Crippen LogP contribution in [-0.2, 0) is 25.4 Å². The Hall–Kier alpha value is -6.99. The van der Waals surface area contributed by atoms with E-state index in [2.05, 4.69) is 43.1 Å². The van der Waals surface area contributed by atoms with Crippen LogP contribution in [0, 0.1) is 5.82 Å². The molecule has 0 radical (unpaired) electrons. The molecule has 10 nitrogen and oxygen atoms in total. The van der Waals surface area contributed by atoms with Crippen molar-refractivity contribution < 1.29 is 49.8 Å². The summed E-state index contributed by atoms with van der Waals surface area (Å²) >= 11 is 10.3. The highest BCUT2D eigenvalue weighted by Crippen LogP contribution is 2.36. The summed E-state index contributed by atoms with van der Waals surface area (Å²) in [6.07, 6.45) is -8.57. The van der Waals surface area contributed by atoms with Crippen LogP contribution in [0.25, 0.3) is 0 Å². The van der Waals surface area contributed by atoms with Crippen molar-refractivity contribution >= 4 is 69.3 Å². The van der Waals surface area contributed by atoms with Crippen molar-refractivity contribution in [2.24, 2.45) is 0 Å². The SMILES string of the molecule is Nc1ccc(NC(=S)NCc2ccccc2)cc1.O=C(Nc1ccc(NC(=S)NCc2cc(C(F)(F)F)cc(C(F)(F)F)c2)cc1)c1ccccc1F.O=C(O)c1ccco1. The molecule has 5 aromatic carbocycles. The molecule has 0 unspecified atom stereocenters. The number of anilines is 4. The topological polar surface area (TPSA) is 154 Å². The Labute approximate surface area is 355 Å². The molecule has 19 heteroatoms. The quantitative estimate of drug-likeness (QED) is 0.0422. The molecule has 1 aromatic heterocycles. The van der Waals surface area contributed by atoms with Gasteiger partial charge >= 0.3 is 18.3 Å². The largest absolute Gasteiger partial charge is 0.475 e. The lowest BCUT2D eigenvalue weighted by Crippen LogP contribution is -2.28. The summed E-state index contributed by atoms with van der Waals surface area (Å²) in [6, 6.07) is 33.2. The third-order valence-corrected chi connectivity index (χ3v) is 8.31. The fraction of sp³-hybridized carbons (Fsp3) is 0.0952. The predicted octanol–water partition coefficient (Wildman–Crippen LogP) is 10.3. The number of nitrogens with two attached hydrogens (primary N) is 1. The van der Waals surface area contributed by atoms with Crippen LogP contribution in [0.4, 0.5) is 53.5 Å². The van der Waals surface area contributed by atoms with Gasteiger partial charge in [-0.1, -0.05) is 42.5 Å². The summed E-state index contributed by atoms with van der Waals surface area (Å²) in [5, 5.41) is 22.8. The molecule has 0 fully saturated rings. The van der Waals surface area contributed by atoms with E-state index in [1.807, 2.05) is 42.5 Å². The van der Waals surface area contributed by atoms with Gasteiger partial charge in [-0.25, -0.2) is 9.18 Å². The predicted molar refractivity (Wildman–Crippen MR) is 226 cm³/mol. The van der Waals surface area contributed by atoms with Crippen molar-refractivity contribution in [1.29, 1.82) is 0 Å². The Morgan fingerprint density at radius 2 is 1.08 bits per heavy atom. The van der Waals surface area contributed by atoms with Crippen LogP contribution in [0.2, 0.25) is 0 Å². The number of carboxylic acids is 1. The van der Waals surface area contributed by atoms with Gasteiger partial charge in [-0.15, -0.1) is 0 Å². The zero-order chi connectivity index (χ0) is 44.6. The number of halogens is 7. The van der Waals surface area contributed by atoms with Gasteiger partial charge in [-0.05, 0) is 127 Å². The number of thiocarbonyl (C=S) groups is 2. The molecule has 6 aromatic rings. The van der Waals surface area contributed by atoms with Gasteiger partial charge in [-0.3, -0.25) is 4.79 Å². The Balaban J connectivity index is 0.000000258. The van der Waals surface area contributed by atoms with Crippen molar-refractivity contribution in [2.75, 3.05) is 21.7 Å². The molecule has 318 valence electrons. The minimum Gasteiger partial charge on any atom is -0.475 e. The number of rotatable bonds is 9. The number of hydrogen-bond acceptors (Lipinski definition) is 6. The second-order valence-electron chi connectivity index (χ2n) is 12.4. The number of carbonyl (C=O) groups excluding carboxylic acids is 1. The molecular weight excluding hydrogens is 850 g/mol. The number of amides is 1. The normalized spacial score (nSPS) is 10.7. The van der Waals surface area contributed by atoms with Crippen molar-refractivity contribution in [3.63, 3.8) is 0 Å². The maximum absolute atomic E-state index is 13.7. The maximum atomic E-state index is 13.7. The van der Waals surface area contributed by atoms with Crippen LogP contribution in [0.3, 0.4) is 0 Å². The van der Waals surface area contributed by atoms with Gasteiger partial charge in [0.05, 0.1) is 23.0 Å². The lowest BCUT2D eigenvalue weighted by molar-refractivity contribution is -0.143. The smallest absolute Gasteiger partial charge is 0.416 e. The molecule has 0 atom stereocenters. The number of hydrogen-bond donors (Lipinski definition) is 7. The molecule has 0 aliphatic rings. The van der Waals surface area contributed by atoms with Crippen LogP contribution < -0.4 is 32.3 Å². The Kier molecular flexibility index (Phi) is 16.7. The molecule has 0 aliphatic carbocycles. The summed E-state index contributed by atoms with van der Waals surface area (Å²) in [5.41, 5.74) is 6.01. The Morgan fingerprint density at radius 3 is 1.54 bits per heavy atom. The average Bonchev–Trinajstić information content (AvgIpc) is 3.78. The summed E-state index contributed by atoms with van der Waals surface area (Å²) < 4.78 is 96.1. The van der Waals surface area contributed by atoms with E-state index < -0.39 is 47.7 Å². The minimum atomic E-state index is -4.95. The van der Waals surface area contributed by atoms with Gasteiger partial charge in [0.2, 0.25) is 5.76 Å². The molecule has 0 aliphatic heterocycles. The minimum absolute atomic E-state index is 0.0231. The first-order chi connectivity index (χ1) is 28.9. The van der Waals surface area contributed by atoms with Gasteiger partial charge in [-0.2, -0.15) is 26.3 Å². The van der Waals surface area contributed by atoms with E-state index in [1.54, 1.807) is 0 Å². The number of benzene rings is 5. The van der Waals surface area contributed by atoms with E-state index in [1.165, 1.54) is 66.4 Å². The molecule has 0 spiro atoms. The van der Waals surface area contributed by atoms with Crippen LogP contribution in [-0.4, -0.2) is 27.2 Å². The monoisotopic (exact) mass is 884 g/mol. The molecule has 0 saturated heterocycles. The Bertz CT molecular complexity index is 2350. The van der Waals surface area contributed by atoms with Crippen LogP contribution in [0.1, 0.15) is 43.2 Å². The molecule has 0 bridgehead atoms. The van der Waals surface area contributed by atoms with Crippen LogP contribution in [0.5, 0.6) is 0 Å². The fourth-order valence-electron chi connectivity index (χ4n) is 4.88. The van der Waals surface area contributed by atoms with Crippen molar-refractivity contribution in [2.45, 2.75) is 25.4 Å². The fourth-order valence-corrected chi connectivity index (χ4v) is 5.26. The lowest BCUT2D eigenvalue weighted by Gasteiger charge is -2.15. The molecule has 1 amide bonds. The maximum Gasteiger partial charge on any atom is 0.416 e. The number of alkyl halides is 6. The van der Waals surface area contributed by atoms with Gasteiger partial charge in [0.1, 0.15) is 5.82 Å². The third kappa shape index (κ3) is 15.9. The van der Waals surface area contributed by atoms with E-state index in [4.69, 9.17) is 35.3 Å². The second kappa shape index (κ2) is 21.9. The van der Waals surface area contributed by atoms with Crippen molar-refractivity contribution in [3.8, 4) is 0 Å². The first-order valence-corrected chi connectivity index (χ1v) is 18.4. The average molecular weight is 885 g/mol. The number of carbonyl (C=O) groups is 2. The van der Waals surface area contributed by atoms with Gasteiger partial charge in [0.15, 0.2) is 10.2 Å². The number of carboxylic acid groups (broad SMARTS) is 1. The molecule has 8 N–H and O–H groups in total. The van der Waals surface area contributed by atoms with E-state index in [-0.39, 0.29) is 28.1 Å². The molecule has 1 heterocycles. The molecular formula is C42H35F7N6O4S2. The summed E-state index contributed by atoms with van der Waals surface area (Å²) in [7, 11) is 0. The van der Waals surface area contributed by atoms with E-state index in [0.717, 1.165) is 17.4 Å². The first-order valence-electron chi connectivity index (χ1n) is 17.6. The van der Waals surface area contributed by atoms with E-state index >= 15 is 0 Å². The lowest BCUT2D eigenvalue weighted by atomic mass is 10.0. The summed E-state index contributed by atoms with van der Waals surface area (Å²) in [4.78, 5) is 22.1. The number of nitrogen functional groups attached to an aromatic ring is 1. The van der Waals surface area contributed by atoms with Crippen LogP contribution in [0.15, 0.2) is 144 Å². The summed E-state index contributed by atoms with van der Waals surface area (Å²) in [6.45, 7) is 0.317. The molecule has 61 heavy (non-hydrogen) atoms. The zero-order valence-electron chi connectivity index (χ0n) is 31.4. The van der Waals surface area contributed by atoms with Crippen molar-refractivity contribution in [1.82, 2.24) is 10.6 Å². The highest BCUT2D eigenvalue weighted by molar-refractivity contribution is 7.80. The zero-order valence-corrected chi connectivity index (χ0v) is 33.0. The highest BCUT2D eigenvalue weighted by Gasteiger charge is 2.36. The number of furan rings is 1. The third-order valence-electron chi connectivity index (χ3n) is 7.82. The van der Waals surface area contributed by atoms with Gasteiger partial charge < -0.3 is 41.8 Å². The number of nitrogens with one attached hydrogen (secondary N) is 5. The summed E-state index contributed by atoms with van der Waals surface area (Å²) in [5.74, 6) is -2.39. The Morgan fingerprint density at radius 1 is 0.607 bits per heavy atom. The van der Waals surface area contributed by atoms with Crippen molar-refractivity contribution in [3.05, 3.63) is 179 Å². The molecule has 0 saturated carbocycles. The van der Waals surface area contributed by atoms with Gasteiger partial charge in [0.25, 0.3) is 5.91 Å². The van der Waals surface area contributed by atoms with Gasteiger partial charge in [0, 0.05) is 35.8 Å². The number of aromatic carboxylic acids is 1. The first kappa shape index (κ1) is 46.7. The van der Waals surface area contributed by atoms with E-state index in [9.17, 15) is 40.3 Å². The second-order valence-corrected chi connectivity index (χ2v) is 13.2. The highest BCUT2D eigenvalue weighted by atomic mass is 32.1. The molecule has 6 rings (SSSR count). The standard InChI is InChI=1S/C23H16F7N3OS.C14H15N3S.C5H4O3/c24-19-4-2-1-3-18(19)20(34)32-16-5-7-17(8-6-16)33-21(35)31-12-13-9-14(22(25,26)27)11-15(10-13)23(28,29)30;15-12-6-8-13(9-7-12)17-14(18)16-10-11-4-2-1-3-5-11;6-5(7)4-2-1-3-8-4/h1-11H,12H2,(H,32,34)(H2,31,33,35);1-9H,10,15H2,(H2,16,17,18);1-3H,(H,6,7).